The van der Waals surface area contributed by atoms with E-state index in [0.29, 0.717) is 18.1 Å². The maximum absolute atomic E-state index is 12.5. The van der Waals surface area contributed by atoms with Crippen LogP contribution in [-0.2, 0) is 4.74 Å². The molecule has 2 aromatic rings. The first-order valence-electron chi connectivity index (χ1n) is 8.38. The predicted octanol–water partition coefficient (Wildman–Crippen LogP) is 3.50. The van der Waals surface area contributed by atoms with Crippen LogP contribution < -0.4 is 4.74 Å². The van der Waals surface area contributed by atoms with Crippen LogP contribution in [0.15, 0.2) is 18.6 Å². The van der Waals surface area contributed by atoms with Crippen molar-refractivity contribution in [3.8, 4) is 5.88 Å². The van der Waals surface area contributed by atoms with E-state index in [1.54, 1.807) is 17.3 Å². The highest BCUT2D eigenvalue weighted by Gasteiger charge is 2.33. The van der Waals surface area contributed by atoms with Crippen molar-refractivity contribution in [3.05, 3.63) is 22.3 Å². The van der Waals surface area contributed by atoms with Crippen molar-refractivity contribution in [2.24, 2.45) is 0 Å². The number of fused-ring (bicyclic) bond motifs is 1. The third-order valence-electron chi connectivity index (χ3n) is 4.10. The molecule has 1 fully saturated rings. The minimum absolute atomic E-state index is 0.128. The summed E-state index contributed by atoms with van der Waals surface area (Å²) < 4.78 is 14.5. The zero-order chi connectivity index (χ0) is 18.2. The van der Waals surface area contributed by atoms with Gasteiger partial charge in [0.2, 0.25) is 5.65 Å². The molecule has 8 heteroatoms. The Bertz CT molecular complexity index is 771. The SMILES string of the molecule is CC1CCC(Oc2nccn3c(I)cnc23)CN1C(=O)OC(C)(C)C. The van der Waals surface area contributed by atoms with E-state index in [4.69, 9.17) is 9.47 Å². The molecule has 0 N–H and O–H groups in total. The van der Waals surface area contributed by atoms with Crippen LogP contribution in [-0.4, -0.2) is 49.7 Å². The number of carbonyl (C=O) groups is 1. The molecule has 1 amide bonds. The van der Waals surface area contributed by atoms with E-state index in [1.807, 2.05) is 38.3 Å². The molecule has 1 aliphatic rings. The van der Waals surface area contributed by atoms with E-state index >= 15 is 0 Å². The fourth-order valence-electron chi connectivity index (χ4n) is 2.85. The predicted molar refractivity (Wildman–Crippen MR) is 102 cm³/mol. The van der Waals surface area contributed by atoms with Gasteiger partial charge in [-0.05, 0) is 63.1 Å². The Morgan fingerprint density at radius 2 is 2.08 bits per heavy atom. The van der Waals surface area contributed by atoms with Crippen molar-refractivity contribution in [2.75, 3.05) is 6.54 Å². The highest BCUT2D eigenvalue weighted by Crippen LogP contribution is 2.25. The summed E-state index contributed by atoms with van der Waals surface area (Å²) in [7, 11) is 0. The van der Waals surface area contributed by atoms with Gasteiger partial charge in [0.05, 0.1) is 12.7 Å². The van der Waals surface area contributed by atoms with Gasteiger partial charge in [-0.15, -0.1) is 0 Å². The number of hydrogen-bond donors (Lipinski definition) is 0. The quantitative estimate of drug-likeness (QED) is 0.645. The third-order valence-corrected chi connectivity index (χ3v) is 4.89. The summed E-state index contributed by atoms with van der Waals surface area (Å²) in [5, 5.41) is 0. The van der Waals surface area contributed by atoms with Gasteiger partial charge in [0.15, 0.2) is 0 Å². The van der Waals surface area contributed by atoms with Crippen molar-refractivity contribution in [3.63, 3.8) is 0 Å². The maximum Gasteiger partial charge on any atom is 0.410 e. The van der Waals surface area contributed by atoms with Crippen molar-refractivity contribution in [1.82, 2.24) is 19.3 Å². The van der Waals surface area contributed by atoms with Crippen LogP contribution in [0.4, 0.5) is 4.79 Å². The standard InChI is InChI=1S/C17H23IN4O3/c1-11-5-6-12(10-22(11)16(23)25-17(2,3)4)24-15-14-20-9-13(18)21(14)8-7-19-15/h7-9,11-12H,5-6,10H2,1-4H3. The van der Waals surface area contributed by atoms with Gasteiger partial charge in [0, 0.05) is 18.4 Å². The molecule has 25 heavy (non-hydrogen) atoms. The van der Waals surface area contributed by atoms with Crippen LogP contribution >= 0.6 is 22.6 Å². The highest BCUT2D eigenvalue weighted by atomic mass is 127. The summed E-state index contributed by atoms with van der Waals surface area (Å²) >= 11 is 2.22. The zero-order valence-corrected chi connectivity index (χ0v) is 17.1. The van der Waals surface area contributed by atoms with E-state index in [2.05, 4.69) is 32.6 Å². The van der Waals surface area contributed by atoms with Crippen molar-refractivity contribution in [2.45, 2.75) is 58.3 Å². The molecule has 3 rings (SSSR count). The second-order valence-electron chi connectivity index (χ2n) is 7.31. The van der Waals surface area contributed by atoms with E-state index in [-0.39, 0.29) is 18.2 Å². The maximum atomic E-state index is 12.5. The second kappa shape index (κ2) is 6.97. The largest absolute Gasteiger partial charge is 0.470 e. The summed E-state index contributed by atoms with van der Waals surface area (Å²) in [4.78, 5) is 22.9. The summed E-state index contributed by atoms with van der Waals surface area (Å²) in [6.07, 6.45) is 6.63. The van der Waals surface area contributed by atoms with Gasteiger partial charge >= 0.3 is 6.09 Å². The molecule has 1 aliphatic heterocycles. The smallest absolute Gasteiger partial charge is 0.410 e. The Morgan fingerprint density at radius 3 is 2.80 bits per heavy atom. The number of amides is 1. The summed E-state index contributed by atoms with van der Waals surface area (Å²) in [5.41, 5.74) is 0.180. The fourth-order valence-corrected chi connectivity index (χ4v) is 3.38. The number of carbonyl (C=O) groups excluding carboxylic acids is 1. The molecule has 0 spiro atoms. The number of piperidine rings is 1. The van der Waals surface area contributed by atoms with Crippen LogP contribution in [0.5, 0.6) is 5.88 Å². The first-order valence-corrected chi connectivity index (χ1v) is 9.46. The number of likely N-dealkylation sites (tertiary alicyclic amines) is 1. The van der Waals surface area contributed by atoms with Crippen molar-refractivity contribution >= 4 is 34.3 Å². The number of nitrogens with zero attached hydrogens (tertiary/aromatic N) is 4. The third kappa shape index (κ3) is 4.16. The molecule has 2 unspecified atom stereocenters. The molecule has 7 nitrogen and oxygen atoms in total. The Hall–Kier alpha value is -1.58. The van der Waals surface area contributed by atoms with Gasteiger partial charge in [-0.1, -0.05) is 0 Å². The molecule has 2 aromatic heterocycles. The zero-order valence-electron chi connectivity index (χ0n) is 14.9. The Morgan fingerprint density at radius 1 is 1.32 bits per heavy atom. The van der Waals surface area contributed by atoms with Gasteiger partial charge in [0.25, 0.3) is 5.88 Å². The number of rotatable bonds is 2. The Kier molecular flexibility index (Phi) is 5.08. The lowest BCUT2D eigenvalue weighted by atomic mass is 10.0. The van der Waals surface area contributed by atoms with Crippen molar-refractivity contribution in [1.29, 1.82) is 0 Å². The van der Waals surface area contributed by atoms with E-state index in [0.717, 1.165) is 16.5 Å². The van der Waals surface area contributed by atoms with Gasteiger partial charge in [-0.3, -0.25) is 4.40 Å². The van der Waals surface area contributed by atoms with Crippen LogP contribution in [0.25, 0.3) is 5.65 Å². The molecule has 1 saturated heterocycles. The van der Waals surface area contributed by atoms with Gasteiger partial charge in [-0.25, -0.2) is 14.8 Å². The van der Waals surface area contributed by atoms with Gasteiger partial charge in [-0.2, -0.15) is 0 Å². The van der Waals surface area contributed by atoms with Crippen LogP contribution in [0, 0.1) is 3.70 Å². The first kappa shape index (κ1) is 18.2. The second-order valence-corrected chi connectivity index (χ2v) is 8.41. The average Bonchev–Trinajstić information content (AvgIpc) is 2.90. The number of hydrogen-bond acceptors (Lipinski definition) is 5. The lowest BCUT2D eigenvalue weighted by Crippen LogP contribution is -2.50. The molecule has 0 bridgehead atoms. The van der Waals surface area contributed by atoms with Crippen LogP contribution in [0.2, 0.25) is 0 Å². The monoisotopic (exact) mass is 458 g/mol. The number of ether oxygens (including phenoxy) is 2. The molecular formula is C17H23IN4O3. The lowest BCUT2D eigenvalue weighted by Gasteiger charge is -2.38. The topological polar surface area (TPSA) is 69.0 Å². The number of aromatic nitrogens is 3. The van der Waals surface area contributed by atoms with E-state index < -0.39 is 5.60 Å². The molecule has 0 saturated carbocycles. The van der Waals surface area contributed by atoms with Crippen LogP contribution in [0.1, 0.15) is 40.5 Å². The Balaban J connectivity index is 1.74. The number of imidazole rings is 1. The molecule has 2 atom stereocenters. The average molecular weight is 458 g/mol. The van der Waals surface area contributed by atoms with E-state index in [1.165, 1.54) is 0 Å². The molecule has 0 aliphatic carbocycles. The molecule has 3 heterocycles. The normalized spacial score (nSPS) is 21.4. The molecule has 136 valence electrons. The van der Waals surface area contributed by atoms with E-state index in [9.17, 15) is 4.79 Å². The molecular weight excluding hydrogens is 435 g/mol. The Labute approximate surface area is 160 Å². The molecule has 0 aromatic carbocycles. The van der Waals surface area contributed by atoms with Gasteiger partial charge in [0.1, 0.15) is 15.4 Å². The lowest BCUT2D eigenvalue weighted by molar-refractivity contribution is -0.00581. The van der Waals surface area contributed by atoms with Crippen LogP contribution in [0.3, 0.4) is 0 Å². The van der Waals surface area contributed by atoms with Crippen molar-refractivity contribution < 1.29 is 14.3 Å². The molecule has 0 radical (unpaired) electrons. The number of halogens is 1. The highest BCUT2D eigenvalue weighted by molar-refractivity contribution is 14.1. The van der Waals surface area contributed by atoms with Gasteiger partial charge < -0.3 is 14.4 Å². The summed E-state index contributed by atoms with van der Waals surface area (Å²) in [6.45, 7) is 8.14. The summed E-state index contributed by atoms with van der Waals surface area (Å²) in [6, 6.07) is 0.130. The minimum Gasteiger partial charge on any atom is -0.470 e. The first-order chi connectivity index (χ1) is 11.7. The fraction of sp³-hybridized carbons (Fsp3) is 0.588. The summed E-state index contributed by atoms with van der Waals surface area (Å²) in [5.74, 6) is 0.495. The minimum atomic E-state index is -0.510.